The molecule has 1 aromatic heterocycles. The van der Waals surface area contributed by atoms with E-state index in [4.69, 9.17) is 16.7 Å². The fourth-order valence-electron chi connectivity index (χ4n) is 1.01. The van der Waals surface area contributed by atoms with Gasteiger partial charge < -0.3 is 10.0 Å². The maximum absolute atomic E-state index is 9.11. The SMILES string of the molecule is CC(O)CCN(C)c1cncc(Cl)n1. The minimum absolute atomic E-state index is 0.301. The summed E-state index contributed by atoms with van der Waals surface area (Å²) in [6.45, 7) is 2.49. The predicted octanol–water partition coefficient (Wildman–Crippen LogP) is 1.34. The summed E-state index contributed by atoms with van der Waals surface area (Å²) >= 11 is 5.70. The molecule has 1 unspecified atom stereocenters. The van der Waals surface area contributed by atoms with E-state index in [1.807, 2.05) is 11.9 Å². The van der Waals surface area contributed by atoms with Crippen LogP contribution in [0.1, 0.15) is 13.3 Å². The fourth-order valence-corrected chi connectivity index (χ4v) is 1.15. The summed E-state index contributed by atoms with van der Waals surface area (Å²) in [5.41, 5.74) is 0. The third kappa shape index (κ3) is 3.47. The number of hydrogen-bond donors (Lipinski definition) is 1. The smallest absolute Gasteiger partial charge is 0.149 e. The van der Waals surface area contributed by atoms with Gasteiger partial charge in [-0.25, -0.2) is 4.98 Å². The molecule has 4 nitrogen and oxygen atoms in total. The van der Waals surface area contributed by atoms with E-state index in [2.05, 4.69) is 9.97 Å². The third-order valence-electron chi connectivity index (χ3n) is 1.87. The molecule has 0 aliphatic heterocycles. The zero-order valence-electron chi connectivity index (χ0n) is 8.31. The maximum atomic E-state index is 9.11. The van der Waals surface area contributed by atoms with Crippen molar-refractivity contribution in [1.82, 2.24) is 9.97 Å². The first-order chi connectivity index (χ1) is 6.59. The second kappa shape index (κ2) is 5.12. The van der Waals surface area contributed by atoms with Gasteiger partial charge in [-0.3, -0.25) is 4.98 Å². The van der Waals surface area contributed by atoms with E-state index in [1.54, 1.807) is 13.1 Å². The van der Waals surface area contributed by atoms with Gasteiger partial charge in [0.2, 0.25) is 0 Å². The molecule has 0 aromatic carbocycles. The Morgan fingerprint density at radius 3 is 2.86 bits per heavy atom. The van der Waals surface area contributed by atoms with E-state index in [-0.39, 0.29) is 6.10 Å². The van der Waals surface area contributed by atoms with Gasteiger partial charge in [0.15, 0.2) is 0 Å². The molecule has 1 aromatic rings. The van der Waals surface area contributed by atoms with Crippen LogP contribution in [0.2, 0.25) is 5.15 Å². The van der Waals surface area contributed by atoms with Crippen LogP contribution in [-0.2, 0) is 0 Å². The molecule has 1 heterocycles. The number of anilines is 1. The topological polar surface area (TPSA) is 49.2 Å². The first-order valence-corrected chi connectivity index (χ1v) is 4.84. The average molecular weight is 216 g/mol. The van der Waals surface area contributed by atoms with E-state index in [0.29, 0.717) is 11.6 Å². The number of nitrogens with zero attached hydrogens (tertiary/aromatic N) is 3. The number of aromatic nitrogens is 2. The van der Waals surface area contributed by atoms with Crippen LogP contribution in [0.5, 0.6) is 0 Å². The summed E-state index contributed by atoms with van der Waals surface area (Å²) < 4.78 is 0. The molecule has 0 saturated heterocycles. The Labute approximate surface area is 88.6 Å². The van der Waals surface area contributed by atoms with Gasteiger partial charge >= 0.3 is 0 Å². The Morgan fingerprint density at radius 1 is 1.57 bits per heavy atom. The molecule has 0 bridgehead atoms. The molecule has 5 heteroatoms. The zero-order valence-corrected chi connectivity index (χ0v) is 9.07. The predicted molar refractivity (Wildman–Crippen MR) is 56.6 cm³/mol. The maximum Gasteiger partial charge on any atom is 0.149 e. The Morgan fingerprint density at radius 2 is 2.29 bits per heavy atom. The summed E-state index contributed by atoms with van der Waals surface area (Å²) in [5.74, 6) is 0.721. The lowest BCUT2D eigenvalue weighted by Crippen LogP contribution is -2.22. The van der Waals surface area contributed by atoms with Gasteiger partial charge in [0.05, 0.1) is 18.5 Å². The van der Waals surface area contributed by atoms with E-state index >= 15 is 0 Å². The third-order valence-corrected chi connectivity index (χ3v) is 2.05. The second-order valence-corrected chi connectivity index (χ2v) is 3.65. The van der Waals surface area contributed by atoms with Crippen molar-refractivity contribution in [2.24, 2.45) is 0 Å². The quantitative estimate of drug-likeness (QED) is 0.824. The highest BCUT2D eigenvalue weighted by atomic mass is 35.5. The molecule has 0 aliphatic carbocycles. The minimum atomic E-state index is -0.301. The first-order valence-electron chi connectivity index (χ1n) is 4.46. The molecular weight excluding hydrogens is 202 g/mol. The number of halogens is 1. The number of aliphatic hydroxyl groups is 1. The Hall–Kier alpha value is -0.870. The Kier molecular flexibility index (Phi) is 4.10. The van der Waals surface area contributed by atoms with Gasteiger partial charge in [0, 0.05) is 13.6 Å². The van der Waals surface area contributed by atoms with Crippen molar-refractivity contribution in [3.8, 4) is 0 Å². The highest BCUT2D eigenvalue weighted by Crippen LogP contribution is 2.11. The highest BCUT2D eigenvalue weighted by molar-refractivity contribution is 6.29. The van der Waals surface area contributed by atoms with E-state index in [1.165, 1.54) is 6.20 Å². The van der Waals surface area contributed by atoms with Crippen molar-refractivity contribution in [3.63, 3.8) is 0 Å². The van der Waals surface area contributed by atoms with Crippen molar-refractivity contribution in [2.45, 2.75) is 19.4 Å². The molecular formula is C9H14ClN3O. The van der Waals surface area contributed by atoms with Crippen LogP contribution in [0.3, 0.4) is 0 Å². The van der Waals surface area contributed by atoms with E-state index < -0.39 is 0 Å². The van der Waals surface area contributed by atoms with Crippen LogP contribution in [0.25, 0.3) is 0 Å². The molecule has 1 atom stereocenters. The molecule has 0 spiro atoms. The fraction of sp³-hybridized carbons (Fsp3) is 0.556. The van der Waals surface area contributed by atoms with Crippen molar-refractivity contribution in [3.05, 3.63) is 17.5 Å². The lowest BCUT2D eigenvalue weighted by molar-refractivity contribution is 0.187. The minimum Gasteiger partial charge on any atom is -0.393 e. The van der Waals surface area contributed by atoms with Crippen molar-refractivity contribution >= 4 is 17.4 Å². The van der Waals surface area contributed by atoms with Crippen molar-refractivity contribution in [1.29, 1.82) is 0 Å². The van der Waals surface area contributed by atoms with Gasteiger partial charge in [0.1, 0.15) is 11.0 Å². The summed E-state index contributed by atoms with van der Waals surface area (Å²) in [5, 5.41) is 9.49. The van der Waals surface area contributed by atoms with Crippen molar-refractivity contribution in [2.75, 3.05) is 18.5 Å². The number of hydrogen-bond acceptors (Lipinski definition) is 4. The largest absolute Gasteiger partial charge is 0.393 e. The molecule has 0 fully saturated rings. The van der Waals surface area contributed by atoms with Crippen LogP contribution in [-0.4, -0.2) is 34.8 Å². The lowest BCUT2D eigenvalue weighted by atomic mass is 10.3. The number of aliphatic hydroxyl groups excluding tert-OH is 1. The zero-order chi connectivity index (χ0) is 10.6. The lowest BCUT2D eigenvalue weighted by Gasteiger charge is -2.18. The van der Waals surface area contributed by atoms with Gasteiger partial charge in [0.25, 0.3) is 0 Å². The van der Waals surface area contributed by atoms with Crippen LogP contribution in [0.15, 0.2) is 12.4 Å². The normalized spacial score (nSPS) is 12.6. The second-order valence-electron chi connectivity index (χ2n) is 3.26. The standard InChI is InChI=1S/C9H14ClN3O/c1-7(14)3-4-13(2)9-6-11-5-8(10)12-9/h5-7,14H,3-4H2,1-2H3. The molecule has 14 heavy (non-hydrogen) atoms. The van der Waals surface area contributed by atoms with Crippen LogP contribution in [0, 0.1) is 0 Å². The van der Waals surface area contributed by atoms with Crippen LogP contribution < -0.4 is 4.90 Å². The molecule has 0 amide bonds. The summed E-state index contributed by atoms with van der Waals surface area (Å²) in [4.78, 5) is 9.94. The number of rotatable bonds is 4. The van der Waals surface area contributed by atoms with Gasteiger partial charge in [-0.2, -0.15) is 0 Å². The first kappa shape index (κ1) is 11.2. The van der Waals surface area contributed by atoms with Gasteiger partial charge in [-0.1, -0.05) is 11.6 Å². The highest BCUT2D eigenvalue weighted by Gasteiger charge is 2.04. The van der Waals surface area contributed by atoms with Crippen LogP contribution >= 0.6 is 11.6 Å². The Balaban J connectivity index is 2.56. The van der Waals surface area contributed by atoms with E-state index in [0.717, 1.165) is 12.4 Å². The average Bonchev–Trinajstić information content (AvgIpc) is 2.14. The summed E-state index contributed by atoms with van der Waals surface area (Å²) in [7, 11) is 1.89. The van der Waals surface area contributed by atoms with Gasteiger partial charge in [-0.05, 0) is 13.3 Å². The molecule has 78 valence electrons. The monoisotopic (exact) mass is 215 g/mol. The van der Waals surface area contributed by atoms with E-state index in [9.17, 15) is 0 Å². The Bertz CT molecular complexity index is 293. The van der Waals surface area contributed by atoms with Crippen molar-refractivity contribution < 1.29 is 5.11 Å². The summed E-state index contributed by atoms with van der Waals surface area (Å²) in [6, 6.07) is 0. The molecule has 0 radical (unpaired) electrons. The van der Waals surface area contributed by atoms with Gasteiger partial charge in [-0.15, -0.1) is 0 Å². The van der Waals surface area contributed by atoms with Crippen LogP contribution in [0.4, 0.5) is 5.82 Å². The molecule has 0 aliphatic rings. The molecule has 0 saturated carbocycles. The molecule has 1 N–H and O–H groups in total. The summed E-state index contributed by atoms with van der Waals surface area (Å²) in [6.07, 6.45) is 3.54. The molecule has 1 rings (SSSR count).